The van der Waals surface area contributed by atoms with Crippen molar-refractivity contribution in [1.82, 2.24) is 0 Å². The summed E-state index contributed by atoms with van der Waals surface area (Å²) in [7, 11) is 1.66. The van der Waals surface area contributed by atoms with Crippen LogP contribution in [0.5, 0.6) is 5.75 Å². The molecule has 0 atom stereocenters. The van der Waals surface area contributed by atoms with E-state index in [1.165, 1.54) is 5.56 Å². The SMILES string of the molecule is COCc1ccc(C2CCC(C3COC(C(F)(F)Cc4cc(F)c(OC(F)(F)Cl)c(F)c4)OC3)CC2)cc1. The summed E-state index contributed by atoms with van der Waals surface area (Å²) in [6, 6.07) is 9.37. The maximum Gasteiger partial charge on any atom is 0.487 e. The van der Waals surface area contributed by atoms with Crippen LogP contribution >= 0.6 is 11.6 Å². The van der Waals surface area contributed by atoms with Crippen LogP contribution in [0.15, 0.2) is 36.4 Å². The highest BCUT2D eigenvalue weighted by atomic mass is 35.5. The minimum atomic E-state index is -4.36. The van der Waals surface area contributed by atoms with Gasteiger partial charge in [-0.1, -0.05) is 24.3 Å². The van der Waals surface area contributed by atoms with Crippen LogP contribution in [-0.4, -0.2) is 38.1 Å². The van der Waals surface area contributed by atoms with Gasteiger partial charge in [-0.25, -0.2) is 17.6 Å². The summed E-state index contributed by atoms with van der Waals surface area (Å²) >= 11 is 4.53. The standard InChI is InChI=1S/C27H29ClF6O4/c1-35-13-16-2-4-18(5-3-16)19-6-8-20(9-7-19)21-14-36-25(37-15-21)26(31,32)12-17-10-22(29)24(23(30)11-17)38-27(28,33)34/h2-5,10-11,19-21,25H,6-9,12-15H2,1H3. The molecule has 1 saturated carbocycles. The fraction of sp³-hybridized carbons (Fsp3) is 0.556. The van der Waals surface area contributed by atoms with E-state index in [2.05, 4.69) is 40.6 Å². The van der Waals surface area contributed by atoms with Gasteiger partial charge in [-0.15, -0.1) is 8.78 Å². The van der Waals surface area contributed by atoms with E-state index in [1.54, 1.807) is 7.11 Å². The fourth-order valence-corrected chi connectivity index (χ4v) is 5.37. The number of hydrogen-bond acceptors (Lipinski definition) is 4. The lowest BCUT2D eigenvalue weighted by molar-refractivity contribution is -0.294. The zero-order chi connectivity index (χ0) is 27.5. The van der Waals surface area contributed by atoms with Gasteiger partial charge in [-0.2, -0.15) is 0 Å². The molecular formula is C27H29ClF6O4. The molecule has 210 valence electrons. The van der Waals surface area contributed by atoms with Crippen molar-refractivity contribution in [3.05, 3.63) is 64.7 Å². The molecule has 2 aromatic rings. The molecule has 1 aliphatic heterocycles. The zero-order valence-electron chi connectivity index (χ0n) is 20.7. The molecule has 2 aromatic carbocycles. The number of ether oxygens (including phenoxy) is 4. The molecular weight excluding hydrogens is 538 g/mol. The van der Waals surface area contributed by atoms with E-state index in [0.29, 0.717) is 24.7 Å². The van der Waals surface area contributed by atoms with Crippen LogP contribution in [0.25, 0.3) is 0 Å². The number of rotatable bonds is 9. The smallest absolute Gasteiger partial charge is 0.414 e. The van der Waals surface area contributed by atoms with Gasteiger partial charge in [0.2, 0.25) is 6.29 Å². The van der Waals surface area contributed by atoms with Crippen molar-refractivity contribution >= 4 is 11.6 Å². The van der Waals surface area contributed by atoms with E-state index in [-0.39, 0.29) is 25.0 Å². The third-order valence-corrected chi connectivity index (χ3v) is 7.26. The summed E-state index contributed by atoms with van der Waals surface area (Å²) in [5.74, 6) is -7.54. The van der Waals surface area contributed by atoms with Crippen molar-refractivity contribution in [2.45, 2.75) is 62.4 Å². The molecule has 4 nitrogen and oxygen atoms in total. The van der Waals surface area contributed by atoms with Crippen molar-refractivity contribution < 1.29 is 45.3 Å². The molecule has 1 aliphatic carbocycles. The summed E-state index contributed by atoms with van der Waals surface area (Å²) in [5, 5.41) is 0. The van der Waals surface area contributed by atoms with Gasteiger partial charge >= 0.3 is 11.5 Å². The summed E-state index contributed by atoms with van der Waals surface area (Å²) < 4.78 is 103. The van der Waals surface area contributed by atoms with Crippen LogP contribution in [0.2, 0.25) is 0 Å². The van der Waals surface area contributed by atoms with E-state index in [4.69, 9.17) is 14.2 Å². The maximum absolute atomic E-state index is 14.8. The largest absolute Gasteiger partial charge is 0.487 e. The Morgan fingerprint density at radius 1 is 0.868 bits per heavy atom. The highest BCUT2D eigenvalue weighted by molar-refractivity contribution is 6.20. The van der Waals surface area contributed by atoms with Crippen LogP contribution in [0.3, 0.4) is 0 Å². The molecule has 0 unspecified atom stereocenters. The predicted molar refractivity (Wildman–Crippen MR) is 127 cm³/mol. The number of halogens is 7. The molecule has 1 saturated heterocycles. The van der Waals surface area contributed by atoms with Gasteiger partial charge in [0.15, 0.2) is 17.4 Å². The molecule has 0 radical (unpaired) electrons. The third kappa shape index (κ3) is 7.34. The topological polar surface area (TPSA) is 36.9 Å². The summed E-state index contributed by atoms with van der Waals surface area (Å²) in [4.78, 5) is 0. The van der Waals surface area contributed by atoms with Crippen LogP contribution in [0.4, 0.5) is 26.3 Å². The molecule has 38 heavy (non-hydrogen) atoms. The number of hydrogen-bond donors (Lipinski definition) is 0. The van der Waals surface area contributed by atoms with Crippen LogP contribution in [0.1, 0.15) is 48.3 Å². The average molecular weight is 567 g/mol. The van der Waals surface area contributed by atoms with Gasteiger partial charge in [-0.05, 0) is 66.3 Å². The number of methoxy groups -OCH3 is 1. The van der Waals surface area contributed by atoms with Gasteiger partial charge in [0, 0.05) is 31.0 Å². The van der Waals surface area contributed by atoms with E-state index in [1.807, 2.05) is 0 Å². The first-order valence-electron chi connectivity index (χ1n) is 12.4. The molecule has 2 aliphatic rings. The molecule has 0 spiro atoms. The maximum atomic E-state index is 14.8. The Hall–Kier alpha value is -2.01. The van der Waals surface area contributed by atoms with Crippen molar-refractivity contribution in [3.8, 4) is 5.75 Å². The first kappa shape index (κ1) is 29.0. The third-order valence-electron chi connectivity index (χ3n) is 7.18. The second-order valence-electron chi connectivity index (χ2n) is 9.92. The fourth-order valence-electron chi connectivity index (χ4n) is 5.29. The predicted octanol–water partition coefficient (Wildman–Crippen LogP) is 7.42. The Bertz CT molecular complexity index is 1040. The second kappa shape index (κ2) is 12.0. The second-order valence-corrected chi connectivity index (χ2v) is 10.4. The summed E-state index contributed by atoms with van der Waals surface area (Å²) in [5.41, 5.74) is -2.44. The van der Waals surface area contributed by atoms with Gasteiger partial charge in [-0.3, -0.25) is 0 Å². The summed E-state index contributed by atoms with van der Waals surface area (Å²) in [6.45, 7) is 0.739. The van der Waals surface area contributed by atoms with Gasteiger partial charge in [0.05, 0.1) is 19.8 Å². The molecule has 0 aromatic heterocycles. The lowest BCUT2D eigenvalue weighted by Gasteiger charge is -2.39. The lowest BCUT2D eigenvalue weighted by Crippen LogP contribution is -2.47. The molecule has 2 fully saturated rings. The van der Waals surface area contributed by atoms with Crippen molar-refractivity contribution in [2.24, 2.45) is 11.8 Å². The van der Waals surface area contributed by atoms with E-state index in [0.717, 1.165) is 31.2 Å². The first-order chi connectivity index (χ1) is 17.9. The normalized spacial score (nSPS) is 24.8. The quantitative estimate of drug-likeness (QED) is 0.234. The Morgan fingerprint density at radius 2 is 1.45 bits per heavy atom. The van der Waals surface area contributed by atoms with Crippen LogP contribution < -0.4 is 4.74 Å². The molecule has 1 heterocycles. The average Bonchev–Trinajstić information content (AvgIpc) is 2.86. The Kier molecular flexibility index (Phi) is 9.17. The van der Waals surface area contributed by atoms with Gasteiger partial charge in [0.25, 0.3) is 0 Å². The van der Waals surface area contributed by atoms with Gasteiger partial charge in [0.1, 0.15) is 0 Å². The Morgan fingerprint density at radius 3 is 1.97 bits per heavy atom. The summed E-state index contributed by atoms with van der Waals surface area (Å²) in [6.07, 6.45) is 0.805. The van der Waals surface area contributed by atoms with Crippen molar-refractivity contribution in [2.75, 3.05) is 20.3 Å². The van der Waals surface area contributed by atoms with E-state index >= 15 is 0 Å². The van der Waals surface area contributed by atoms with Crippen molar-refractivity contribution in [3.63, 3.8) is 0 Å². The monoisotopic (exact) mass is 566 g/mol. The molecule has 0 amide bonds. The van der Waals surface area contributed by atoms with Crippen LogP contribution in [-0.2, 0) is 27.2 Å². The molecule has 0 bridgehead atoms. The van der Waals surface area contributed by atoms with E-state index in [9.17, 15) is 26.3 Å². The molecule has 4 rings (SSSR count). The van der Waals surface area contributed by atoms with Crippen LogP contribution in [0, 0.1) is 23.5 Å². The van der Waals surface area contributed by atoms with Gasteiger partial charge < -0.3 is 18.9 Å². The number of alkyl halides is 5. The molecule has 0 N–H and O–H groups in total. The minimum Gasteiger partial charge on any atom is -0.414 e. The Labute approximate surface area is 222 Å². The number of benzene rings is 2. The lowest BCUT2D eigenvalue weighted by atomic mass is 9.74. The van der Waals surface area contributed by atoms with E-state index < -0.39 is 47.1 Å². The first-order valence-corrected chi connectivity index (χ1v) is 12.8. The Balaban J connectivity index is 1.28. The van der Waals surface area contributed by atoms with Crippen molar-refractivity contribution in [1.29, 1.82) is 0 Å². The minimum absolute atomic E-state index is 0.0318. The highest BCUT2D eigenvalue weighted by Crippen LogP contribution is 2.41. The molecule has 11 heteroatoms. The highest BCUT2D eigenvalue weighted by Gasteiger charge is 2.46. The zero-order valence-corrected chi connectivity index (χ0v) is 21.5.